The topological polar surface area (TPSA) is 62.7 Å². The van der Waals surface area contributed by atoms with E-state index in [1.54, 1.807) is 6.20 Å². The van der Waals surface area contributed by atoms with E-state index in [0.29, 0.717) is 17.8 Å². The molecule has 0 bridgehead atoms. The minimum Gasteiger partial charge on any atom is -0.382 e. The molecule has 3 rings (SSSR count). The van der Waals surface area contributed by atoms with Gasteiger partial charge in [-0.15, -0.1) is 0 Å². The van der Waals surface area contributed by atoms with Crippen molar-refractivity contribution in [3.05, 3.63) is 22.8 Å². The number of nitrogens with two attached hydrogens (primary N) is 1. The van der Waals surface area contributed by atoms with Crippen molar-refractivity contribution in [1.82, 2.24) is 24.2 Å². The number of likely N-dealkylation sites (N-methyl/N-ethyl adjacent to an activating group) is 2. The van der Waals surface area contributed by atoms with Gasteiger partial charge in [0.25, 0.3) is 0 Å². The van der Waals surface area contributed by atoms with Crippen LogP contribution in [0.1, 0.15) is 44.3 Å². The van der Waals surface area contributed by atoms with Gasteiger partial charge in [0.1, 0.15) is 15.9 Å². The molecule has 2 N–H and O–H groups in total. The van der Waals surface area contributed by atoms with Crippen molar-refractivity contribution in [3.63, 3.8) is 0 Å². The number of nitrogen functional groups attached to an aromatic ring is 1. The Kier molecular flexibility index (Phi) is 5.96. The monoisotopic (exact) mass is 408 g/mol. The summed E-state index contributed by atoms with van der Waals surface area (Å²) in [6.07, 6.45) is 8.55. The van der Waals surface area contributed by atoms with E-state index in [1.165, 1.54) is 25.7 Å². The SMILES string of the molecule is CCN(CCN(C)C)C1CCC(c2nc(Br)c3c(N)nccn23)CC1. The summed E-state index contributed by atoms with van der Waals surface area (Å²) in [7, 11) is 4.29. The Bertz CT molecular complexity index is 705. The molecule has 138 valence electrons. The van der Waals surface area contributed by atoms with Crippen molar-refractivity contribution in [2.24, 2.45) is 0 Å². The number of aromatic nitrogens is 3. The maximum Gasteiger partial charge on any atom is 0.150 e. The summed E-state index contributed by atoms with van der Waals surface area (Å²) >= 11 is 3.55. The van der Waals surface area contributed by atoms with Crippen molar-refractivity contribution >= 4 is 27.3 Å². The van der Waals surface area contributed by atoms with Gasteiger partial charge in [-0.1, -0.05) is 6.92 Å². The zero-order valence-electron chi connectivity index (χ0n) is 15.5. The molecule has 0 unspecified atom stereocenters. The zero-order chi connectivity index (χ0) is 18.0. The molecule has 1 fully saturated rings. The highest BCUT2D eigenvalue weighted by Gasteiger charge is 2.29. The highest BCUT2D eigenvalue weighted by atomic mass is 79.9. The van der Waals surface area contributed by atoms with Gasteiger partial charge in [-0.3, -0.25) is 9.30 Å². The first-order chi connectivity index (χ1) is 12.0. The predicted octanol–water partition coefficient (Wildman–Crippen LogP) is 2.98. The number of hydrogen-bond donors (Lipinski definition) is 1. The second-order valence-electron chi connectivity index (χ2n) is 7.23. The molecular formula is C18H29BrN6. The van der Waals surface area contributed by atoms with Crippen LogP contribution in [0.2, 0.25) is 0 Å². The highest BCUT2D eigenvalue weighted by molar-refractivity contribution is 9.10. The summed E-state index contributed by atoms with van der Waals surface area (Å²) in [5.41, 5.74) is 6.91. The largest absolute Gasteiger partial charge is 0.382 e. The molecular weight excluding hydrogens is 380 g/mol. The molecule has 25 heavy (non-hydrogen) atoms. The second-order valence-corrected chi connectivity index (χ2v) is 7.98. The number of halogens is 1. The molecule has 0 spiro atoms. The Balaban J connectivity index is 1.69. The van der Waals surface area contributed by atoms with Crippen LogP contribution in [0.25, 0.3) is 5.52 Å². The molecule has 0 saturated heterocycles. The fourth-order valence-electron chi connectivity index (χ4n) is 3.96. The van der Waals surface area contributed by atoms with Gasteiger partial charge in [-0.2, -0.15) is 0 Å². The fourth-order valence-corrected chi connectivity index (χ4v) is 4.53. The Labute approximate surface area is 158 Å². The van der Waals surface area contributed by atoms with Crippen molar-refractivity contribution in [1.29, 1.82) is 0 Å². The van der Waals surface area contributed by atoms with Crippen LogP contribution in [0.5, 0.6) is 0 Å². The summed E-state index contributed by atoms with van der Waals surface area (Å²) in [4.78, 5) is 13.8. The van der Waals surface area contributed by atoms with Gasteiger partial charge in [0.2, 0.25) is 0 Å². The Morgan fingerprint density at radius 1 is 1.24 bits per heavy atom. The van der Waals surface area contributed by atoms with E-state index in [9.17, 15) is 0 Å². The zero-order valence-corrected chi connectivity index (χ0v) is 17.0. The second kappa shape index (κ2) is 8.01. The first-order valence-corrected chi connectivity index (χ1v) is 9.97. The van der Waals surface area contributed by atoms with Crippen molar-refractivity contribution < 1.29 is 0 Å². The molecule has 2 aromatic heterocycles. The van der Waals surface area contributed by atoms with Crippen LogP contribution >= 0.6 is 15.9 Å². The van der Waals surface area contributed by atoms with E-state index in [0.717, 1.165) is 35.6 Å². The molecule has 0 atom stereocenters. The Morgan fingerprint density at radius 3 is 2.60 bits per heavy atom. The number of nitrogens with zero attached hydrogens (tertiary/aromatic N) is 5. The van der Waals surface area contributed by atoms with Crippen LogP contribution in [0, 0.1) is 0 Å². The molecule has 6 nitrogen and oxygen atoms in total. The minimum absolute atomic E-state index is 0.490. The lowest BCUT2D eigenvalue weighted by Crippen LogP contribution is -2.41. The summed E-state index contributed by atoms with van der Waals surface area (Å²) in [6, 6.07) is 0.697. The lowest BCUT2D eigenvalue weighted by Gasteiger charge is -2.36. The summed E-state index contributed by atoms with van der Waals surface area (Å²) in [5, 5.41) is 0. The first kappa shape index (κ1) is 18.6. The van der Waals surface area contributed by atoms with E-state index in [1.807, 2.05) is 6.20 Å². The minimum atomic E-state index is 0.490. The third-order valence-corrected chi connectivity index (χ3v) is 5.94. The Morgan fingerprint density at radius 2 is 1.96 bits per heavy atom. The normalized spacial score (nSPS) is 21.5. The molecule has 0 aliphatic heterocycles. The molecule has 1 aliphatic rings. The van der Waals surface area contributed by atoms with Gasteiger partial charge in [0.05, 0.1) is 0 Å². The van der Waals surface area contributed by atoms with Gasteiger partial charge < -0.3 is 10.6 Å². The molecule has 1 saturated carbocycles. The van der Waals surface area contributed by atoms with Gasteiger partial charge in [0, 0.05) is 37.4 Å². The van der Waals surface area contributed by atoms with Gasteiger partial charge in [-0.05, 0) is 62.3 Å². The van der Waals surface area contributed by atoms with Gasteiger partial charge in [0.15, 0.2) is 5.82 Å². The smallest absolute Gasteiger partial charge is 0.150 e. The van der Waals surface area contributed by atoms with Crippen molar-refractivity contribution in [2.45, 2.75) is 44.6 Å². The van der Waals surface area contributed by atoms with E-state index >= 15 is 0 Å². The summed E-state index contributed by atoms with van der Waals surface area (Å²) in [6.45, 7) is 5.68. The average molecular weight is 409 g/mol. The number of hydrogen-bond acceptors (Lipinski definition) is 5. The maximum atomic E-state index is 6.02. The van der Waals surface area contributed by atoms with E-state index in [-0.39, 0.29) is 0 Å². The van der Waals surface area contributed by atoms with Crippen LogP contribution in [-0.4, -0.2) is 63.9 Å². The quantitative estimate of drug-likeness (QED) is 0.795. The molecule has 2 heterocycles. The molecule has 1 aliphatic carbocycles. The Hall–Kier alpha value is -1.18. The van der Waals surface area contributed by atoms with E-state index in [4.69, 9.17) is 10.7 Å². The van der Waals surface area contributed by atoms with E-state index < -0.39 is 0 Å². The third-order valence-electron chi connectivity index (χ3n) is 5.39. The summed E-state index contributed by atoms with van der Waals surface area (Å²) in [5.74, 6) is 2.14. The van der Waals surface area contributed by atoms with Crippen molar-refractivity contribution in [3.8, 4) is 0 Å². The number of fused-ring (bicyclic) bond motifs is 1. The number of imidazole rings is 1. The summed E-state index contributed by atoms with van der Waals surface area (Å²) < 4.78 is 2.91. The maximum absolute atomic E-state index is 6.02. The van der Waals surface area contributed by atoms with Crippen LogP contribution in [-0.2, 0) is 0 Å². The fraction of sp³-hybridized carbons (Fsp3) is 0.667. The molecule has 0 aromatic carbocycles. The third kappa shape index (κ3) is 3.99. The highest BCUT2D eigenvalue weighted by Crippen LogP contribution is 2.36. The average Bonchev–Trinajstić information content (AvgIpc) is 2.94. The molecule has 0 amide bonds. The van der Waals surface area contributed by atoms with Gasteiger partial charge in [-0.25, -0.2) is 9.97 Å². The van der Waals surface area contributed by atoms with E-state index in [2.05, 4.69) is 56.1 Å². The van der Waals surface area contributed by atoms with Gasteiger partial charge >= 0.3 is 0 Å². The van der Waals surface area contributed by atoms with Crippen LogP contribution < -0.4 is 5.73 Å². The van der Waals surface area contributed by atoms with Crippen molar-refractivity contribution in [2.75, 3.05) is 39.5 Å². The molecule has 2 aromatic rings. The standard InChI is InChI=1S/C18H29BrN6/c1-4-24(12-11-23(2)3)14-7-5-13(6-8-14)18-22-16(19)15-17(20)21-9-10-25(15)18/h9-10,13-14H,4-8,11-12H2,1-3H3,(H2,20,21). The number of anilines is 1. The number of rotatable bonds is 6. The first-order valence-electron chi connectivity index (χ1n) is 9.18. The van der Waals surface area contributed by atoms with Crippen LogP contribution in [0.15, 0.2) is 17.0 Å². The van der Waals surface area contributed by atoms with Crippen LogP contribution in [0.3, 0.4) is 0 Å². The lowest BCUT2D eigenvalue weighted by atomic mass is 9.84. The molecule has 0 radical (unpaired) electrons. The van der Waals surface area contributed by atoms with Crippen LogP contribution in [0.4, 0.5) is 5.82 Å². The molecule has 7 heteroatoms. The predicted molar refractivity (Wildman–Crippen MR) is 106 cm³/mol. The lowest BCUT2D eigenvalue weighted by molar-refractivity contribution is 0.143.